The molecule has 1 atom stereocenters. The van der Waals surface area contributed by atoms with Gasteiger partial charge in [0.1, 0.15) is 17.2 Å². The van der Waals surface area contributed by atoms with Gasteiger partial charge in [-0.05, 0) is 78.2 Å². The highest BCUT2D eigenvalue weighted by Crippen LogP contribution is 2.27. The lowest BCUT2D eigenvalue weighted by molar-refractivity contribution is -0.152. The zero-order valence-electron chi connectivity index (χ0n) is 20.2. The maximum absolute atomic E-state index is 11.2. The first-order valence-corrected chi connectivity index (χ1v) is 11.7. The van der Waals surface area contributed by atoms with E-state index in [4.69, 9.17) is 14.2 Å². The Morgan fingerprint density at radius 3 is 2.03 bits per heavy atom. The number of carbonyl (C=O) groups is 1. The fourth-order valence-corrected chi connectivity index (χ4v) is 3.59. The van der Waals surface area contributed by atoms with Crippen molar-refractivity contribution in [1.82, 2.24) is 0 Å². The Morgan fingerprint density at radius 1 is 0.743 bits per heavy atom. The number of carboxylic acid groups (broad SMARTS) is 1. The van der Waals surface area contributed by atoms with Crippen LogP contribution in [0.1, 0.15) is 20.8 Å². The summed E-state index contributed by atoms with van der Waals surface area (Å²) in [5.74, 6) is 1.15. The second-order valence-corrected chi connectivity index (χ2v) is 9.21. The molecule has 0 heterocycles. The Balaban J connectivity index is 1.31. The van der Waals surface area contributed by atoms with Gasteiger partial charge in [-0.25, -0.2) is 4.79 Å². The van der Waals surface area contributed by atoms with Crippen molar-refractivity contribution < 1.29 is 24.1 Å². The van der Waals surface area contributed by atoms with Crippen molar-refractivity contribution >= 4 is 16.7 Å². The van der Waals surface area contributed by atoms with Crippen LogP contribution < -0.4 is 14.2 Å². The largest absolute Gasteiger partial charge is 0.493 e. The molecule has 0 aliphatic carbocycles. The molecule has 0 aromatic heterocycles. The van der Waals surface area contributed by atoms with E-state index in [-0.39, 0.29) is 5.92 Å². The van der Waals surface area contributed by atoms with Gasteiger partial charge in [0.15, 0.2) is 5.60 Å². The topological polar surface area (TPSA) is 65.0 Å². The maximum Gasteiger partial charge on any atom is 0.347 e. The van der Waals surface area contributed by atoms with Gasteiger partial charge < -0.3 is 19.3 Å². The van der Waals surface area contributed by atoms with Crippen molar-refractivity contribution in [2.75, 3.05) is 13.2 Å². The van der Waals surface area contributed by atoms with Crippen LogP contribution in [-0.2, 0) is 4.79 Å². The zero-order chi connectivity index (χ0) is 24.8. The van der Waals surface area contributed by atoms with Crippen LogP contribution in [0.2, 0.25) is 0 Å². The van der Waals surface area contributed by atoms with Crippen LogP contribution in [-0.4, -0.2) is 29.9 Å². The van der Waals surface area contributed by atoms with E-state index in [1.54, 1.807) is 24.3 Å². The quantitative estimate of drug-likeness (QED) is 0.275. The van der Waals surface area contributed by atoms with E-state index in [1.807, 2.05) is 24.3 Å². The Hall–Kier alpha value is -3.99. The van der Waals surface area contributed by atoms with Crippen LogP contribution in [0.15, 0.2) is 91.0 Å². The summed E-state index contributed by atoms with van der Waals surface area (Å²) < 4.78 is 17.4. The van der Waals surface area contributed by atoms with Gasteiger partial charge in [0.2, 0.25) is 0 Å². The molecular weight excluding hydrogens is 440 g/mol. The molecule has 0 spiro atoms. The molecule has 0 aliphatic heterocycles. The molecule has 5 heteroatoms. The maximum atomic E-state index is 11.2. The number of hydrogen-bond acceptors (Lipinski definition) is 4. The normalized spacial score (nSPS) is 12.2. The number of rotatable bonds is 10. The Labute approximate surface area is 205 Å². The summed E-state index contributed by atoms with van der Waals surface area (Å²) in [6.07, 6.45) is 0. The molecule has 0 amide bonds. The first-order chi connectivity index (χ1) is 16.8. The van der Waals surface area contributed by atoms with E-state index in [0.717, 1.165) is 11.1 Å². The summed E-state index contributed by atoms with van der Waals surface area (Å²) in [5, 5.41) is 11.5. The molecule has 0 saturated heterocycles. The minimum Gasteiger partial charge on any atom is -0.493 e. The highest BCUT2D eigenvalue weighted by Gasteiger charge is 2.29. The lowest BCUT2D eigenvalue weighted by Gasteiger charge is -2.21. The molecule has 180 valence electrons. The van der Waals surface area contributed by atoms with Gasteiger partial charge in [-0.3, -0.25) is 0 Å². The van der Waals surface area contributed by atoms with Crippen molar-refractivity contribution in [3.05, 3.63) is 91.0 Å². The molecule has 1 unspecified atom stereocenters. The highest BCUT2D eigenvalue weighted by atomic mass is 16.5. The number of ether oxygens (including phenoxy) is 3. The summed E-state index contributed by atoms with van der Waals surface area (Å²) in [4.78, 5) is 11.2. The van der Waals surface area contributed by atoms with Crippen molar-refractivity contribution in [2.24, 2.45) is 5.92 Å². The second-order valence-electron chi connectivity index (χ2n) is 9.21. The summed E-state index contributed by atoms with van der Waals surface area (Å²) in [6, 6.07) is 29.9. The van der Waals surface area contributed by atoms with Gasteiger partial charge in [0, 0.05) is 5.92 Å². The zero-order valence-corrected chi connectivity index (χ0v) is 20.2. The fraction of sp³-hybridized carbons (Fsp3) is 0.233. The Kier molecular flexibility index (Phi) is 7.25. The fourth-order valence-electron chi connectivity index (χ4n) is 3.59. The predicted molar refractivity (Wildman–Crippen MR) is 138 cm³/mol. The molecule has 0 radical (unpaired) electrons. The molecule has 0 aliphatic rings. The lowest BCUT2D eigenvalue weighted by atomic mass is 10.0. The highest BCUT2D eigenvalue weighted by molar-refractivity contribution is 5.88. The smallest absolute Gasteiger partial charge is 0.347 e. The molecule has 4 rings (SSSR count). The van der Waals surface area contributed by atoms with E-state index in [1.165, 1.54) is 30.4 Å². The SMILES string of the molecule is CC(COc1ccc(OC(C)(C)C(=O)O)cc1)COc1ccc2ccc(-c3ccccc3)cc2c1. The van der Waals surface area contributed by atoms with E-state index in [2.05, 4.69) is 49.4 Å². The average molecular weight is 471 g/mol. The number of carboxylic acids is 1. The number of hydrogen-bond donors (Lipinski definition) is 1. The Bertz CT molecular complexity index is 1280. The third kappa shape index (κ3) is 6.33. The molecule has 0 bridgehead atoms. The third-order valence-electron chi connectivity index (χ3n) is 5.70. The van der Waals surface area contributed by atoms with Crippen LogP contribution in [0, 0.1) is 5.92 Å². The van der Waals surface area contributed by atoms with Gasteiger partial charge in [0.25, 0.3) is 0 Å². The van der Waals surface area contributed by atoms with Crippen LogP contribution in [0.3, 0.4) is 0 Å². The van der Waals surface area contributed by atoms with Gasteiger partial charge in [-0.2, -0.15) is 0 Å². The first kappa shape index (κ1) is 24.1. The minimum absolute atomic E-state index is 0.170. The third-order valence-corrected chi connectivity index (χ3v) is 5.70. The molecule has 1 N–H and O–H groups in total. The van der Waals surface area contributed by atoms with Crippen molar-refractivity contribution in [2.45, 2.75) is 26.4 Å². The van der Waals surface area contributed by atoms with E-state index in [0.29, 0.717) is 24.7 Å². The second kappa shape index (κ2) is 10.5. The minimum atomic E-state index is -1.29. The van der Waals surface area contributed by atoms with Crippen molar-refractivity contribution in [3.63, 3.8) is 0 Å². The first-order valence-electron chi connectivity index (χ1n) is 11.7. The van der Waals surface area contributed by atoms with Gasteiger partial charge in [-0.15, -0.1) is 0 Å². The summed E-state index contributed by atoms with van der Waals surface area (Å²) in [5.41, 5.74) is 1.08. The molecule has 4 aromatic carbocycles. The van der Waals surface area contributed by atoms with Crippen LogP contribution in [0.4, 0.5) is 0 Å². The molecule has 0 saturated carbocycles. The van der Waals surface area contributed by atoms with Crippen LogP contribution in [0.25, 0.3) is 21.9 Å². The molecule has 4 aromatic rings. The van der Waals surface area contributed by atoms with Gasteiger partial charge >= 0.3 is 5.97 Å². The average Bonchev–Trinajstić information content (AvgIpc) is 2.87. The monoisotopic (exact) mass is 470 g/mol. The number of aliphatic carboxylic acids is 1. The standard InChI is InChI=1S/C30H30O5/c1-21(19-33-26-13-15-27(16-14-26)35-30(2,3)29(31)32)20-34-28-12-11-23-9-10-24(17-25(23)18-28)22-7-5-4-6-8-22/h4-18,21H,19-20H2,1-3H3,(H,31,32). The molecule has 0 fully saturated rings. The van der Waals surface area contributed by atoms with Crippen LogP contribution >= 0.6 is 0 Å². The number of fused-ring (bicyclic) bond motifs is 1. The van der Waals surface area contributed by atoms with Crippen LogP contribution in [0.5, 0.6) is 17.2 Å². The Morgan fingerprint density at radius 2 is 1.34 bits per heavy atom. The van der Waals surface area contributed by atoms with Gasteiger partial charge in [0.05, 0.1) is 13.2 Å². The molecule has 5 nitrogen and oxygen atoms in total. The summed E-state index contributed by atoms with van der Waals surface area (Å²) in [7, 11) is 0. The van der Waals surface area contributed by atoms with Crippen molar-refractivity contribution in [3.8, 4) is 28.4 Å². The number of benzene rings is 4. The lowest BCUT2D eigenvalue weighted by Crippen LogP contribution is -2.37. The van der Waals surface area contributed by atoms with E-state index in [9.17, 15) is 9.90 Å². The van der Waals surface area contributed by atoms with Crippen molar-refractivity contribution in [1.29, 1.82) is 0 Å². The summed E-state index contributed by atoms with van der Waals surface area (Å²) in [6.45, 7) is 6.12. The van der Waals surface area contributed by atoms with E-state index < -0.39 is 11.6 Å². The predicted octanol–water partition coefficient (Wildman–Crippen LogP) is 6.84. The molecule has 35 heavy (non-hydrogen) atoms. The van der Waals surface area contributed by atoms with E-state index >= 15 is 0 Å². The van der Waals surface area contributed by atoms with Gasteiger partial charge in [-0.1, -0.05) is 55.5 Å². The summed E-state index contributed by atoms with van der Waals surface area (Å²) >= 11 is 0. The molecular formula is C30H30O5.